The SMILES string of the molecule is N#Cc1ccccc1S(=O)(=O)N1CCN(C(=O)c2cccnc2OCC(F)(F)F)CC1. The van der Waals surface area contributed by atoms with Crippen LogP contribution in [0.5, 0.6) is 5.88 Å². The third-order valence-electron chi connectivity index (χ3n) is 4.53. The van der Waals surface area contributed by atoms with Crippen LogP contribution in [-0.2, 0) is 10.0 Å². The number of carbonyl (C=O) groups is 1. The number of benzene rings is 1. The molecule has 1 aliphatic heterocycles. The molecule has 1 aromatic heterocycles. The monoisotopic (exact) mass is 454 g/mol. The minimum atomic E-state index is -4.59. The van der Waals surface area contributed by atoms with Gasteiger partial charge in [-0.15, -0.1) is 0 Å². The lowest BCUT2D eigenvalue weighted by atomic mass is 10.2. The lowest BCUT2D eigenvalue weighted by Gasteiger charge is -2.34. The van der Waals surface area contributed by atoms with Crippen LogP contribution >= 0.6 is 0 Å². The summed E-state index contributed by atoms with van der Waals surface area (Å²) in [6, 6.07) is 10.3. The van der Waals surface area contributed by atoms with Gasteiger partial charge in [0.1, 0.15) is 11.6 Å². The first-order chi connectivity index (χ1) is 14.6. The second kappa shape index (κ2) is 8.91. The van der Waals surface area contributed by atoms with Gasteiger partial charge in [-0.3, -0.25) is 4.79 Å². The van der Waals surface area contributed by atoms with Crippen molar-refractivity contribution in [2.75, 3.05) is 32.8 Å². The van der Waals surface area contributed by atoms with Crippen LogP contribution in [0.1, 0.15) is 15.9 Å². The summed E-state index contributed by atoms with van der Waals surface area (Å²) >= 11 is 0. The molecule has 1 amide bonds. The van der Waals surface area contributed by atoms with E-state index in [9.17, 15) is 26.4 Å². The second-order valence-electron chi connectivity index (χ2n) is 6.56. The summed E-state index contributed by atoms with van der Waals surface area (Å²) in [5.74, 6) is -1.05. The van der Waals surface area contributed by atoms with E-state index in [0.717, 1.165) is 4.31 Å². The summed E-state index contributed by atoms with van der Waals surface area (Å²) < 4.78 is 68.9. The average Bonchev–Trinajstić information content (AvgIpc) is 2.77. The van der Waals surface area contributed by atoms with Crippen molar-refractivity contribution in [3.8, 4) is 11.9 Å². The molecular formula is C19H17F3N4O4S. The van der Waals surface area contributed by atoms with Gasteiger partial charge in [0, 0.05) is 32.4 Å². The highest BCUT2D eigenvalue weighted by atomic mass is 32.2. The zero-order chi connectivity index (χ0) is 22.6. The summed E-state index contributed by atoms with van der Waals surface area (Å²) in [5.41, 5.74) is -0.124. The Morgan fingerprint density at radius 3 is 2.45 bits per heavy atom. The molecule has 1 fully saturated rings. The number of halogens is 3. The Labute approximate surface area is 176 Å². The van der Waals surface area contributed by atoms with Crippen molar-refractivity contribution in [3.63, 3.8) is 0 Å². The molecule has 12 heteroatoms. The predicted molar refractivity (Wildman–Crippen MR) is 102 cm³/mol. The fraction of sp³-hybridized carbons (Fsp3) is 0.316. The van der Waals surface area contributed by atoms with E-state index >= 15 is 0 Å². The van der Waals surface area contributed by atoms with Gasteiger partial charge < -0.3 is 9.64 Å². The van der Waals surface area contributed by atoms with Crippen molar-refractivity contribution in [2.24, 2.45) is 0 Å². The van der Waals surface area contributed by atoms with E-state index in [4.69, 9.17) is 5.26 Å². The predicted octanol–water partition coefficient (Wildman–Crippen LogP) is 2.04. The number of hydrogen-bond donors (Lipinski definition) is 0. The fourth-order valence-corrected chi connectivity index (χ4v) is 4.61. The summed E-state index contributed by atoms with van der Waals surface area (Å²) in [4.78, 5) is 17.7. The van der Waals surface area contributed by atoms with E-state index in [1.54, 1.807) is 6.07 Å². The van der Waals surface area contributed by atoms with Crippen LogP contribution in [0.4, 0.5) is 13.2 Å². The van der Waals surface area contributed by atoms with Crippen LogP contribution in [0.15, 0.2) is 47.5 Å². The molecule has 2 heterocycles. The molecule has 3 rings (SSSR count). The second-order valence-corrected chi connectivity index (χ2v) is 8.47. The number of sulfonamides is 1. The van der Waals surface area contributed by atoms with Gasteiger partial charge in [0.15, 0.2) is 6.61 Å². The van der Waals surface area contributed by atoms with Crippen molar-refractivity contribution < 1.29 is 31.1 Å². The molecule has 1 aliphatic rings. The number of alkyl halides is 3. The lowest BCUT2D eigenvalue weighted by molar-refractivity contribution is -0.154. The summed E-state index contributed by atoms with van der Waals surface area (Å²) in [6.07, 6.45) is -3.38. The van der Waals surface area contributed by atoms with E-state index in [2.05, 4.69) is 9.72 Å². The number of nitriles is 1. The molecule has 8 nitrogen and oxygen atoms in total. The number of ether oxygens (including phenoxy) is 1. The number of carbonyl (C=O) groups excluding carboxylic acids is 1. The van der Waals surface area contributed by atoms with Crippen molar-refractivity contribution >= 4 is 15.9 Å². The highest BCUT2D eigenvalue weighted by Crippen LogP contribution is 2.24. The van der Waals surface area contributed by atoms with E-state index < -0.39 is 34.6 Å². The van der Waals surface area contributed by atoms with Gasteiger partial charge in [0.05, 0.1) is 10.5 Å². The molecule has 0 unspecified atom stereocenters. The molecule has 0 radical (unpaired) electrons. The van der Waals surface area contributed by atoms with Gasteiger partial charge in [-0.2, -0.15) is 22.7 Å². The van der Waals surface area contributed by atoms with E-state index in [1.807, 2.05) is 6.07 Å². The average molecular weight is 454 g/mol. The maximum absolute atomic E-state index is 12.9. The van der Waals surface area contributed by atoms with Gasteiger partial charge in [0.25, 0.3) is 5.91 Å². The molecule has 0 spiro atoms. The number of aromatic nitrogens is 1. The molecule has 31 heavy (non-hydrogen) atoms. The molecule has 1 aromatic carbocycles. The van der Waals surface area contributed by atoms with Crippen molar-refractivity contribution in [1.82, 2.24) is 14.2 Å². The number of rotatable bonds is 5. The third kappa shape index (κ3) is 5.12. The van der Waals surface area contributed by atoms with Crippen LogP contribution in [-0.4, -0.2) is 67.5 Å². The Balaban J connectivity index is 1.72. The largest absolute Gasteiger partial charge is 0.467 e. The zero-order valence-electron chi connectivity index (χ0n) is 16.0. The Hall–Kier alpha value is -3.17. The lowest BCUT2D eigenvalue weighted by Crippen LogP contribution is -2.50. The molecule has 0 saturated carbocycles. The van der Waals surface area contributed by atoms with E-state index in [0.29, 0.717) is 0 Å². The van der Waals surface area contributed by atoms with Crippen LogP contribution in [0, 0.1) is 11.3 Å². The highest BCUT2D eigenvalue weighted by molar-refractivity contribution is 7.89. The van der Waals surface area contributed by atoms with Gasteiger partial charge in [-0.25, -0.2) is 13.4 Å². The smallest absolute Gasteiger partial charge is 0.422 e. The molecule has 1 saturated heterocycles. The highest BCUT2D eigenvalue weighted by Gasteiger charge is 2.33. The first-order valence-electron chi connectivity index (χ1n) is 9.06. The van der Waals surface area contributed by atoms with Crippen LogP contribution in [0.25, 0.3) is 0 Å². The standard InChI is InChI=1S/C19H17F3N4O4S/c20-19(21,22)13-30-17-15(5-3-7-24-17)18(27)25-8-10-26(11-9-25)31(28,29)16-6-2-1-4-14(16)12-23/h1-7H,8-11,13H2. The molecule has 0 aliphatic carbocycles. The molecule has 0 N–H and O–H groups in total. The molecule has 164 valence electrons. The fourth-order valence-electron chi connectivity index (χ4n) is 3.04. The van der Waals surface area contributed by atoms with Gasteiger partial charge in [-0.1, -0.05) is 12.1 Å². The topological polar surface area (TPSA) is 104 Å². The zero-order valence-corrected chi connectivity index (χ0v) is 16.9. The van der Waals surface area contributed by atoms with E-state index in [1.165, 1.54) is 41.4 Å². The molecule has 2 aromatic rings. The Morgan fingerprint density at radius 1 is 1.13 bits per heavy atom. The maximum atomic E-state index is 12.9. The van der Waals surface area contributed by atoms with E-state index in [-0.39, 0.29) is 42.2 Å². The molecule has 0 atom stereocenters. The normalized spacial score (nSPS) is 15.4. The first kappa shape index (κ1) is 22.5. The Bertz CT molecular complexity index is 1110. The summed E-state index contributed by atoms with van der Waals surface area (Å²) in [6.45, 7) is -1.63. The van der Waals surface area contributed by atoms with Crippen molar-refractivity contribution in [3.05, 3.63) is 53.7 Å². The summed E-state index contributed by atoms with van der Waals surface area (Å²) in [5, 5.41) is 9.17. The Morgan fingerprint density at radius 2 is 1.81 bits per heavy atom. The van der Waals surface area contributed by atoms with Crippen LogP contribution in [0.3, 0.4) is 0 Å². The minimum Gasteiger partial charge on any atom is -0.467 e. The summed E-state index contributed by atoms with van der Waals surface area (Å²) in [7, 11) is -3.94. The quantitative estimate of drug-likeness (QED) is 0.685. The molecule has 0 bridgehead atoms. The number of piperazine rings is 1. The third-order valence-corrected chi connectivity index (χ3v) is 6.48. The number of amides is 1. The number of pyridine rings is 1. The Kier molecular flexibility index (Phi) is 6.47. The van der Waals surface area contributed by atoms with Crippen molar-refractivity contribution in [2.45, 2.75) is 11.1 Å². The number of hydrogen-bond acceptors (Lipinski definition) is 6. The van der Waals surface area contributed by atoms with Crippen LogP contribution in [0.2, 0.25) is 0 Å². The van der Waals surface area contributed by atoms with Gasteiger partial charge in [0.2, 0.25) is 15.9 Å². The number of nitrogens with zero attached hydrogens (tertiary/aromatic N) is 4. The minimum absolute atomic E-state index is 0.0143. The molecular weight excluding hydrogens is 437 g/mol. The van der Waals surface area contributed by atoms with Crippen LogP contribution < -0.4 is 4.74 Å². The van der Waals surface area contributed by atoms with Crippen molar-refractivity contribution in [1.29, 1.82) is 5.26 Å². The first-order valence-corrected chi connectivity index (χ1v) is 10.5. The van der Waals surface area contributed by atoms with Gasteiger partial charge >= 0.3 is 6.18 Å². The van der Waals surface area contributed by atoms with Gasteiger partial charge in [-0.05, 0) is 24.3 Å². The maximum Gasteiger partial charge on any atom is 0.422 e.